The molecule has 0 amide bonds. The molecule has 1 heterocycles. The fourth-order valence-corrected chi connectivity index (χ4v) is 1.91. The van der Waals surface area contributed by atoms with E-state index in [1.54, 1.807) is 0 Å². The normalized spacial score (nSPS) is 16.2. The van der Waals surface area contributed by atoms with Gasteiger partial charge < -0.3 is 5.73 Å². The Kier molecular flexibility index (Phi) is 3.03. The largest absolute Gasteiger partial charge is 0.320 e. The Morgan fingerprint density at radius 3 is 2.54 bits per heavy atom. The maximum atomic E-state index is 12.4. The molecule has 0 radical (unpaired) electrons. The highest BCUT2D eigenvalue weighted by Gasteiger charge is 2.30. The number of hydrogen-bond donors (Lipinski definition) is 1. The summed E-state index contributed by atoms with van der Waals surface area (Å²) in [6.07, 6.45) is -2.24. The van der Waals surface area contributed by atoms with Gasteiger partial charge >= 0.3 is 0 Å². The van der Waals surface area contributed by atoms with Gasteiger partial charge in [-0.1, -0.05) is 0 Å². The van der Waals surface area contributed by atoms with Crippen molar-refractivity contribution in [1.29, 1.82) is 0 Å². The molecule has 0 aliphatic rings. The lowest BCUT2D eigenvalue weighted by Crippen LogP contribution is -2.45. The van der Waals surface area contributed by atoms with E-state index in [1.807, 2.05) is 17.7 Å². The molecule has 4 heteroatoms. The molecule has 2 N–H and O–H groups in total. The van der Waals surface area contributed by atoms with E-state index in [1.165, 1.54) is 18.3 Å². The number of thiophene rings is 1. The summed E-state index contributed by atoms with van der Waals surface area (Å²) in [6.45, 7) is 3.29. The van der Waals surface area contributed by atoms with E-state index < -0.39 is 12.0 Å². The molecule has 0 saturated heterocycles. The number of halogens is 2. The van der Waals surface area contributed by atoms with Gasteiger partial charge in [-0.25, -0.2) is 8.78 Å². The third-order valence-corrected chi connectivity index (χ3v) is 2.94. The molecule has 0 bridgehead atoms. The van der Waals surface area contributed by atoms with Crippen molar-refractivity contribution in [3.8, 4) is 0 Å². The van der Waals surface area contributed by atoms with Gasteiger partial charge in [0, 0.05) is 0 Å². The minimum absolute atomic E-state index is 0.236. The molecule has 0 aliphatic heterocycles. The summed E-state index contributed by atoms with van der Waals surface area (Å²) in [5.74, 6) is 0. The van der Waals surface area contributed by atoms with E-state index in [0.29, 0.717) is 0 Å². The molecule has 1 aromatic rings. The van der Waals surface area contributed by atoms with Crippen molar-refractivity contribution in [3.63, 3.8) is 0 Å². The van der Waals surface area contributed by atoms with Crippen LogP contribution in [0.25, 0.3) is 0 Å². The molecule has 0 aromatic carbocycles. The van der Waals surface area contributed by atoms with Crippen LogP contribution in [0.2, 0.25) is 0 Å². The summed E-state index contributed by atoms with van der Waals surface area (Å²) in [6, 6.07) is 0. The Bertz CT molecular complexity index is 281. The maximum absolute atomic E-state index is 12.4. The minimum atomic E-state index is -2.48. The maximum Gasteiger partial charge on any atom is 0.256 e. The molecule has 1 nitrogen and oxygen atoms in total. The molecule has 0 saturated carbocycles. The van der Waals surface area contributed by atoms with Gasteiger partial charge in [0.15, 0.2) is 0 Å². The first kappa shape index (κ1) is 10.6. The first-order chi connectivity index (χ1) is 5.93. The zero-order valence-electron chi connectivity index (χ0n) is 7.68. The number of hydrogen-bond acceptors (Lipinski definition) is 2. The first-order valence-electron chi connectivity index (χ1n) is 4.02. The summed E-state index contributed by atoms with van der Waals surface area (Å²) in [7, 11) is 0. The summed E-state index contributed by atoms with van der Waals surface area (Å²) in [5.41, 5.74) is 6.03. The van der Waals surface area contributed by atoms with Crippen LogP contribution in [0.3, 0.4) is 0 Å². The minimum Gasteiger partial charge on any atom is -0.320 e. The third-order valence-electron chi connectivity index (χ3n) is 2.03. The van der Waals surface area contributed by atoms with Crippen LogP contribution in [0.15, 0.2) is 10.8 Å². The highest BCUT2D eigenvalue weighted by Crippen LogP contribution is 2.22. The van der Waals surface area contributed by atoms with Gasteiger partial charge in [0.05, 0.1) is 5.54 Å². The molecule has 0 spiro atoms. The molecule has 1 atom stereocenters. The van der Waals surface area contributed by atoms with Gasteiger partial charge in [0.1, 0.15) is 0 Å². The Morgan fingerprint density at radius 2 is 2.15 bits per heavy atom. The first-order valence-corrected chi connectivity index (χ1v) is 4.96. The highest BCUT2D eigenvalue weighted by molar-refractivity contribution is 7.08. The Hall–Kier alpha value is -0.480. The molecular weight excluding hydrogens is 192 g/mol. The Balaban J connectivity index is 2.74. The zero-order chi connectivity index (χ0) is 10.1. The standard InChI is InChI=1S/C9H13F2NS/c1-6-4-13-5-7(6)3-9(2,12)8(10)11/h4-5,8H,3,12H2,1-2H3. The van der Waals surface area contributed by atoms with Gasteiger partial charge in [-0.15, -0.1) is 0 Å². The van der Waals surface area contributed by atoms with Crippen molar-refractivity contribution in [2.75, 3.05) is 0 Å². The third kappa shape index (κ3) is 2.48. The van der Waals surface area contributed by atoms with Gasteiger partial charge in [-0.2, -0.15) is 11.3 Å². The highest BCUT2D eigenvalue weighted by atomic mass is 32.1. The smallest absolute Gasteiger partial charge is 0.256 e. The molecule has 0 aliphatic carbocycles. The SMILES string of the molecule is Cc1cscc1CC(C)(N)C(F)F. The molecule has 13 heavy (non-hydrogen) atoms. The van der Waals surface area contributed by atoms with Gasteiger partial charge in [0.25, 0.3) is 6.43 Å². The second-order valence-electron chi connectivity index (χ2n) is 3.56. The van der Waals surface area contributed by atoms with Crippen molar-refractivity contribution < 1.29 is 8.78 Å². The van der Waals surface area contributed by atoms with Gasteiger partial charge in [-0.3, -0.25) is 0 Å². The summed E-state index contributed by atoms with van der Waals surface area (Å²) >= 11 is 1.52. The van der Waals surface area contributed by atoms with E-state index in [2.05, 4.69) is 0 Å². The average Bonchev–Trinajstić information content (AvgIpc) is 2.35. The van der Waals surface area contributed by atoms with Crippen molar-refractivity contribution in [2.45, 2.75) is 32.2 Å². The van der Waals surface area contributed by atoms with Crippen molar-refractivity contribution >= 4 is 11.3 Å². The average molecular weight is 205 g/mol. The van der Waals surface area contributed by atoms with E-state index in [-0.39, 0.29) is 6.42 Å². The monoisotopic (exact) mass is 205 g/mol. The molecule has 1 rings (SSSR count). The second-order valence-corrected chi connectivity index (χ2v) is 4.31. The summed E-state index contributed by atoms with van der Waals surface area (Å²) in [5, 5.41) is 3.82. The summed E-state index contributed by atoms with van der Waals surface area (Å²) < 4.78 is 24.8. The van der Waals surface area contributed by atoms with Crippen LogP contribution in [-0.2, 0) is 6.42 Å². The number of alkyl halides is 2. The van der Waals surface area contributed by atoms with Gasteiger partial charge in [-0.05, 0) is 42.2 Å². The number of nitrogens with two attached hydrogens (primary N) is 1. The van der Waals surface area contributed by atoms with Crippen LogP contribution in [0, 0.1) is 6.92 Å². The lowest BCUT2D eigenvalue weighted by Gasteiger charge is -2.23. The van der Waals surface area contributed by atoms with Crippen molar-refractivity contribution in [1.82, 2.24) is 0 Å². The van der Waals surface area contributed by atoms with Gasteiger partial charge in [0.2, 0.25) is 0 Å². The predicted molar refractivity (Wildman–Crippen MR) is 51.4 cm³/mol. The fourth-order valence-electron chi connectivity index (χ4n) is 1.06. The Labute approximate surface area is 80.6 Å². The quantitative estimate of drug-likeness (QED) is 0.806. The van der Waals surface area contributed by atoms with Crippen molar-refractivity contribution in [3.05, 3.63) is 21.9 Å². The number of aryl methyl sites for hydroxylation is 1. The topological polar surface area (TPSA) is 26.0 Å². The lowest BCUT2D eigenvalue weighted by molar-refractivity contribution is 0.0639. The summed E-state index contributed by atoms with van der Waals surface area (Å²) in [4.78, 5) is 0. The predicted octanol–water partition coefficient (Wildman–Crippen LogP) is 2.58. The second kappa shape index (κ2) is 3.72. The van der Waals surface area contributed by atoms with Crippen LogP contribution in [0.1, 0.15) is 18.1 Å². The van der Waals surface area contributed by atoms with Crippen LogP contribution in [0.4, 0.5) is 8.78 Å². The van der Waals surface area contributed by atoms with Crippen molar-refractivity contribution in [2.24, 2.45) is 5.73 Å². The van der Waals surface area contributed by atoms with E-state index >= 15 is 0 Å². The number of rotatable bonds is 3. The lowest BCUT2D eigenvalue weighted by atomic mass is 9.94. The zero-order valence-corrected chi connectivity index (χ0v) is 8.50. The molecule has 0 fully saturated rings. The molecule has 74 valence electrons. The van der Waals surface area contributed by atoms with Crippen LogP contribution in [-0.4, -0.2) is 12.0 Å². The van der Waals surface area contributed by atoms with E-state index in [0.717, 1.165) is 11.1 Å². The van der Waals surface area contributed by atoms with E-state index in [4.69, 9.17) is 5.73 Å². The fraction of sp³-hybridized carbons (Fsp3) is 0.556. The van der Waals surface area contributed by atoms with Crippen LogP contribution >= 0.6 is 11.3 Å². The van der Waals surface area contributed by atoms with E-state index in [9.17, 15) is 8.78 Å². The molecular formula is C9H13F2NS. The molecule has 1 aromatic heterocycles. The van der Waals surface area contributed by atoms with Crippen LogP contribution < -0.4 is 5.73 Å². The molecule has 1 unspecified atom stereocenters. The Morgan fingerprint density at radius 1 is 1.54 bits per heavy atom. The van der Waals surface area contributed by atoms with Crippen LogP contribution in [0.5, 0.6) is 0 Å².